The number of methoxy groups -OCH3 is 1. The molecule has 0 heterocycles. The highest BCUT2D eigenvalue weighted by molar-refractivity contribution is 9.10. The van der Waals surface area contributed by atoms with Crippen molar-refractivity contribution in [2.45, 2.75) is 19.9 Å². The molecule has 0 saturated heterocycles. The van der Waals surface area contributed by atoms with E-state index in [-0.39, 0.29) is 11.9 Å². The molecular formula is C12H16BrNO2. The lowest BCUT2D eigenvalue weighted by molar-refractivity contribution is 0.0905. The lowest BCUT2D eigenvalue weighted by Gasteiger charge is -2.14. The first-order valence-electron chi connectivity index (χ1n) is 5.10. The van der Waals surface area contributed by atoms with Gasteiger partial charge in [-0.3, -0.25) is 4.79 Å². The second kappa shape index (κ2) is 6.01. The normalized spacial score (nSPS) is 12.2. The third-order valence-corrected chi connectivity index (χ3v) is 2.73. The van der Waals surface area contributed by atoms with E-state index in [4.69, 9.17) is 4.74 Å². The highest BCUT2D eigenvalue weighted by atomic mass is 79.9. The zero-order valence-corrected chi connectivity index (χ0v) is 11.3. The van der Waals surface area contributed by atoms with Crippen LogP contribution < -0.4 is 5.32 Å². The van der Waals surface area contributed by atoms with E-state index < -0.39 is 0 Å². The maximum Gasteiger partial charge on any atom is 0.251 e. The Labute approximate surface area is 104 Å². The number of benzene rings is 1. The number of amides is 1. The van der Waals surface area contributed by atoms with Gasteiger partial charge in [-0.05, 0) is 31.5 Å². The van der Waals surface area contributed by atoms with E-state index >= 15 is 0 Å². The number of carbonyl (C=O) groups is 1. The Morgan fingerprint density at radius 2 is 2.25 bits per heavy atom. The van der Waals surface area contributed by atoms with Crippen LogP contribution in [-0.4, -0.2) is 25.7 Å². The van der Waals surface area contributed by atoms with Gasteiger partial charge in [-0.15, -0.1) is 0 Å². The lowest BCUT2D eigenvalue weighted by atomic mass is 10.1. The summed E-state index contributed by atoms with van der Waals surface area (Å²) < 4.78 is 5.88. The van der Waals surface area contributed by atoms with Gasteiger partial charge in [0.25, 0.3) is 5.91 Å². The number of hydrogen-bond acceptors (Lipinski definition) is 2. The molecule has 1 unspecified atom stereocenters. The van der Waals surface area contributed by atoms with Crippen LogP contribution >= 0.6 is 15.9 Å². The fourth-order valence-electron chi connectivity index (χ4n) is 1.43. The van der Waals surface area contributed by atoms with E-state index in [2.05, 4.69) is 21.2 Å². The molecule has 0 aliphatic heterocycles. The Hall–Kier alpha value is -0.870. The summed E-state index contributed by atoms with van der Waals surface area (Å²) in [7, 11) is 1.62. The summed E-state index contributed by atoms with van der Waals surface area (Å²) in [6.45, 7) is 4.34. The van der Waals surface area contributed by atoms with Gasteiger partial charge in [-0.2, -0.15) is 0 Å². The topological polar surface area (TPSA) is 38.3 Å². The molecular weight excluding hydrogens is 270 g/mol. The Bertz CT molecular complexity index is 379. The molecule has 0 aromatic heterocycles. The van der Waals surface area contributed by atoms with Crippen molar-refractivity contribution in [1.29, 1.82) is 0 Å². The predicted molar refractivity (Wildman–Crippen MR) is 67.7 cm³/mol. The van der Waals surface area contributed by atoms with Crippen LogP contribution in [0.4, 0.5) is 0 Å². The molecule has 1 atom stereocenters. The van der Waals surface area contributed by atoms with Gasteiger partial charge in [0.15, 0.2) is 0 Å². The van der Waals surface area contributed by atoms with Crippen LogP contribution in [0.15, 0.2) is 22.7 Å². The molecule has 1 N–H and O–H groups in total. The Balaban J connectivity index is 2.76. The molecule has 4 heteroatoms. The Morgan fingerprint density at radius 3 is 2.88 bits per heavy atom. The van der Waals surface area contributed by atoms with Crippen LogP contribution in [0.2, 0.25) is 0 Å². The highest BCUT2D eigenvalue weighted by Gasteiger charge is 2.12. The fourth-order valence-corrected chi connectivity index (χ4v) is 1.79. The standard InChI is InChI=1S/C12H16BrNO2/c1-8-4-5-10(13)6-11(8)12(15)14-9(2)7-16-3/h4-6,9H,7H2,1-3H3,(H,14,15). The van der Waals surface area contributed by atoms with Crippen LogP contribution in [0.3, 0.4) is 0 Å². The first kappa shape index (κ1) is 13.2. The van der Waals surface area contributed by atoms with E-state index in [0.717, 1.165) is 10.0 Å². The van der Waals surface area contributed by atoms with Gasteiger partial charge in [0, 0.05) is 23.2 Å². The summed E-state index contributed by atoms with van der Waals surface area (Å²) in [5.74, 6) is -0.0663. The maximum absolute atomic E-state index is 11.9. The van der Waals surface area contributed by atoms with Gasteiger partial charge in [-0.25, -0.2) is 0 Å². The molecule has 0 radical (unpaired) electrons. The Kier molecular flexibility index (Phi) is 4.96. The van der Waals surface area contributed by atoms with Crippen molar-refractivity contribution < 1.29 is 9.53 Å². The van der Waals surface area contributed by atoms with E-state index in [0.29, 0.717) is 12.2 Å². The monoisotopic (exact) mass is 285 g/mol. The van der Waals surface area contributed by atoms with E-state index in [1.165, 1.54) is 0 Å². The number of halogens is 1. The van der Waals surface area contributed by atoms with Crippen LogP contribution in [0.25, 0.3) is 0 Å². The minimum Gasteiger partial charge on any atom is -0.383 e. The Morgan fingerprint density at radius 1 is 1.56 bits per heavy atom. The van der Waals surface area contributed by atoms with Gasteiger partial charge in [0.2, 0.25) is 0 Å². The molecule has 1 amide bonds. The van der Waals surface area contributed by atoms with Crippen molar-refractivity contribution in [1.82, 2.24) is 5.32 Å². The first-order chi connectivity index (χ1) is 7.54. The summed E-state index contributed by atoms with van der Waals surface area (Å²) >= 11 is 3.36. The molecule has 0 spiro atoms. The molecule has 16 heavy (non-hydrogen) atoms. The number of aryl methyl sites for hydroxylation is 1. The fraction of sp³-hybridized carbons (Fsp3) is 0.417. The number of carbonyl (C=O) groups excluding carboxylic acids is 1. The minimum absolute atomic E-state index is 0.0101. The molecule has 1 rings (SSSR count). The third kappa shape index (κ3) is 3.61. The summed E-state index contributed by atoms with van der Waals surface area (Å²) in [6.07, 6.45) is 0. The number of nitrogens with one attached hydrogen (secondary N) is 1. The largest absolute Gasteiger partial charge is 0.383 e. The molecule has 3 nitrogen and oxygen atoms in total. The third-order valence-electron chi connectivity index (χ3n) is 2.24. The summed E-state index contributed by atoms with van der Waals surface area (Å²) in [5, 5.41) is 2.88. The SMILES string of the molecule is COCC(C)NC(=O)c1cc(Br)ccc1C. The van der Waals surface area contributed by atoms with Gasteiger partial charge in [-0.1, -0.05) is 22.0 Å². The molecule has 0 saturated carbocycles. The van der Waals surface area contributed by atoms with Crippen molar-refractivity contribution in [2.75, 3.05) is 13.7 Å². The van der Waals surface area contributed by atoms with Crippen molar-refractivity contribution in [3.8, 4) is 0 Å². The number of rotatable bonds is 4. The van der Waals surface area contributed by atoms with Crippen LogP contribution in [0.5, 0.6) is 0 Å². The smallest absolute Gasteiger partial charge is 0.251 e. The van der Waals surface area contributed by atoms with Crippen LogP contribution in [0.1, 0.15) is 22.8 Å². The second-order valence-electron chi connectivity index (χ2n) is 3.79. The van der Waals surface area contributed by atoms with Crippen molar-refractivity contribution in [3.63, 3.8) is 0 Å². The molecule has 0 aliphatic carbocycles. The molecule has 1 aromatic carbocycles. The summed E-state index contributed by atoms with van der Waals surface area (Å²) in [5.41, 5.74) is 1.66. The van der Waals surface area contributed by atoms with Crippen molar-refractivity contribution >= 4 is 21.8 Å². The van der Waals surface area contributed by atoms with Gasteiger partial charge >= 0.3 is 0 Å². The minimum atomic E-state index is -0.0663. The average Bonchev–Trinajstić information content (AvgIpc) is 2.21. The average molecular weight is 286 g/mol. The van der Waals surface area contributed by atoms with Gasteiger partial charge in [0.1, 0.15) is 0 Å². The molecule has 88 valence electrons. The van der Waals surface area contributed by atoms with E-state index in [1.807, 2.05) is 32.0 Å². The van der Waals surface area contributed by atoms with Crippen LogP contribution in [0, 0.1) is 6.92 Å². The molecule has 1 aromatic rings. The zero-order chi connectivity index (χ0) is 12.1. The van der Waals surface area contributed by atoms with E-state index in [9.17, 15) is 4.79 Å². The zero-order valence-electron chi connectivity index (χ0n) is 9.71. The predicted octanol–water partition coefficient (Wildman–Crippen LogP) is 2.52. The second-order valence-corrected chi connectivity index (χ2v) is 4.70. The van der Waals surface area contributed by atoms with Crippen molar-refractivity contribution in [2.24, 2.45) is 0 Å². The number of hydrogen-bond donors (Lipinski definition) is 1. The maximum atomic E-state index is 11.9. The first-order valence-corrected chi connectivity index (χ1v) is 5.90. The van der Waals surface area contributed by atoms with E-state index in [1.54, 1.807) is 7.11 Å². The highest BCUT2D eigenvalue weighted by Crippen LogP contribution is 2.16. The lowest BCUT2D eigenvalue weighted by Crippen LogP contribution is -2.35. The summed E-state index contributed by atoms with van der Waals surface area (Å²) in [6, 6.07) is 5.67. The van der Waals surface area contributed by atoms with Crippen LogP contribution in [-0.2, 0) is 4.74 Å². The quantitative estimate of drug-likeness (QED) is 0.923. The number of ether oxygens (including phenoxy) is 1. The summed E-state index contributed by atoms with van der Waals surface area (Å²) in [4.78, 5) is 11.9. The van der Waals surface area contributed by atoms with Gasteiger partial charge < -0.3 is 10.1 Å². The van der Waals surface area contributed by atoms with Gasteiger partial charge in [0.05, 0.1) is 6.61 Å². The molecule has 0 bridgehead atoms. The molecule has 0 aliphatic rings. The van der Waals surface area contributed by atoms with Crippen molar-refractivity contribution in [3.05, 3.63) is 33.8 Å². The molecule has 0 fully saturated rings.